The van der Waals surface area contributed by atoms with E-state index in [1.54, 1.807) is 0 Å². The fourth-order valence-electron chi connectivity index (χ4n) is 2.27. The van der Waals surface area contributed by atoms with E-state index in [1.807, 2.05) is 20.8 Å². The van der Waals surface area contributed by atoms with Gasteiger partial charge in [0.2, 0.25) is 0 Å². The van der Waals surface area contributed by atoms with Crippen LogP contribution in [0.25, 0.3) is 0 Å². The molecule has 0 amide bonds. The molecule has 0 radical (unpaired) electrons. The lowest BCUT2D eigenvalue weighted by molar-refractivity contribution is 0.0226. The highest BCUT2D eigenvalue weighted by atomic mass is 28.4. The average molecular weight is 431 g/mol. The minimum atomic E-state index is -2.69. The molecule has 0 saturated carbocycles. The van der Waals surface area contributed by atoms with Crippen LogP contribution in [0.4, 0.5) is 0 Å². The van der Waals surface area contributed by atoms with Gasteiger partial charge in [-0.25, -0.2) is 0 Å². The second-order valence-electron chi connectivity index (χ2n) is 5.43. The van der Waals surface area contributed by atoms with Gasteiger partial charge in [-0.2, -0.15) is 0 Å². The van der Waals surface area contributed by atoms with Crippen molar-refractivity contribution in [2.24, 2.45) is 0 Å². The first-order valence-electron chi connectivity index (χ1n) is 9.32. The Bertz CT molecular complexity index is 307. The van der Waals surface area contributed by atoms with Gasteiger partial charge in [0, 0.05) is 60.9 Å². The molecule has 0 aliphatic carbocycles. The van der Waals surface area contributed by atoms with Gasteiger partial charge in [0.05, 0.1) is 13.2 Å². The van der Waals surface area contributed by atoms with Crippen LogP contribution in [-0.4, -0.2) is 92.0 Å². The first kappa shape index (κ1) is 27.1. The molecule has 1 fully saturated rings. The van der Waals surface area contributed by atoms with Gasteiger partial charge in [0.25, 0.3) is 0 Å². The van der Waals surface area contributed by atoms with E-state index in [-0.39, 0.29) is 0 Å². The quantitative estimate of drug-likeness (QED) is 0.207. The topological polar surface area (TPSA) is 86.4 Å². The molecule has 0 aromatic carbocycles. The predicted molar refractivity (Wildman–Crippen MR) is 104 cm³/mol. The number of epoxide rings is 1. The molecule has 9 nitrogen and oxygen atoms in total. The van der Waals surface area contributed by atoms with Crippen molar-refractivity contribution in [1.82, 2.24) is 0 Å². The molecule has 1 unspecified atom stereocenters. The molecule has 164 valence electrons. The van der Waals surface area contributed by atoms with Crippen molar-refractivity contribution in [3.63, 3.8) is 0 Å². The molecule has 1 heterocycles. The Labute approximate surface area is 166 Å². The van der Waals surface area contributed by atoms with Crippen molar-refractivity contribution in [3.05, 3.63) is 0 Å². The molecule has 1 saturated heterocycles. The van der Waals surface area contributed by atoms with Crippen molar-refractivity contribution in [2.45, 2.75) is 39.3 Å². The van der Waals surface area contributed by atoms with Crippen LogP contribution in [0.3, 0.4) is 0 Å². The van der Waals surface area contributed by atoms with Crippen LogP contribution < -0.4 is 0 Å². The zero-order chi connectivity index (χ0) is 20.6. The van der Waals surface area contributed by atoms with Crippen LogP contribution in [0.2, 0.25) is 6.04 Å². The Morgan fingerprint density at radius 3 is 1.56 bits per heavy atom. The monoisotopic (exact) mass is 430 g/mol. The summed E-state index contributed by atoms with van der Waals surface area (Å²) in [6.07, 6.45) is 1.23. The van der Waals surface area contributed by atoms with Crippen LogP contribution in [0.1, 0.15) is 27.2 Å². The van der Waals surface area contributed by atoms with E-state index < -0.39 is 17.9 Å². The van der Waals surface area contributed by atoms with Crippen LogP contribution in [-0.2, 0) is 40.5 Å². The molecule has 0 spiro atoms. The summed E-state index contributed by atoms with van der Waals surface area (Å²) in [7, 11) is 0.796. The maximum Gasteiger partial charge on any atom is 0.678 e. The summed E-state index contributed by atoms with van der Waals surface area (Å²) in [5, 5.41) is 0. The first-order chi connectivity index (χ1) is 13.0. The summed E-state index contributed by atoms with van der Waals surface area (Å²) in [4.78, 5) is 0. The minimum absolute atomic E-state index is 0.331. The van der Waals surface area contributed by atoms with Crippen LogP contribution in [0.15, 0.2) is 0 Å². The van der Waals surface area contributed by atoms with E-state index in [1.165, 1.54) is 28.4 Å². The molecule has 0 N–H and O–H groups in total. The highest BCUT2D eigenvalue weighted by molar-refractivity contribution is 6.60. The van der Waals surface area contributed by atoms with E-state index in [0.717, 1.165) is 19.1 Å². The van der Waals surface area contributed by atoms with E-state index >= 15 is 0 Å². The molecular formula is C16H38O9Si2. The third-order valence-electron chi connectivity index (χ3n) is 3.57. The lowest BCUT2D eigenvalue weighted by Crippen LogP contribution is -2.46. The highest BCUT2D eigenvalue weighted by Gasteiger charge is 2.40. The molecule has 1 atom stereocenters. The lowest BCUT2D eigenvalue weighted by atomic mass is 10.5. The summed E-state index contributed by atoms with van der Waals surface area (Å²) in [6.45, 7) is 10.1. The van der Waals surface area contributed by atoms with Gasteiger partial charge in [-0.05, 0) is 27.2 Å². The summed E-state index contributed by atoms with van der Waals surface area (Å²) >= 11 is 0. The summed E-state index contributed by atoms with van der Waals surface area (Å²) in [6, 6.07) is 0.814. The van der Waals surface area contributed by atoms with Crippen LogP contribution in [0, 0.1) is 0 Å². The number of hydrogen-bond donors (Lipinski definition) is 0. The summed E-state index contributed by atoms with van der Waals surface area (Å²) < 4.78 is 47.3. The molecular weight excluding hydrogens is 392 g/mol. The zero-order valence-corrected chi connectivity index (χ0v) is 19.9. The maximum atomic E-state index is 5.76. The van der Waals surface area contributed by atoms with E-state index in [0.29, 0.717) is 39.1 Å². The van der Waals surface area contributed by atoms with Crippen molar-refractivity contribution in [1.29, 1.82) is 0 Å². The molecule has 0 aromatic rings. The zero-order valence-electron chi connectivity index (χ0n) is 17.9. The first-order valence-corrected chi connectivity index (χ1v) is 12.9. The van der Waals surface area contributed by atoms with E-state index in [4.69, 9.17) is 40.5 Å². The second kappa shape index (κ2) is 15.9. The standard InChI is InChI=1S/C12H26O5Si.C4H12O4Si/c1-4-15-18(16-5-2,17-6-3)9-7-8-13-10-12-11-14-12;1-5-9(6-2,7-3)8-4/h12H,4-11H2,1-3H3;1-4H3. The number of rotatable bonds is 16. The Balaban J connectivity index is 0.000000636. The van der Waals surface area contributed by atoms with E-state index in [2.05, 4.69) is 0 Å². The van der Waals surface area contributed by atoms with Crippen molar-refractivity contribution in [2.75, 3.05) is 68.1 Å². The Hall–Kier alpha value is 0.0738. The smallest absolute Gasteiger partial charge is 0.379 e. The van der Waals surface area contributed by atoms with E-state index in [9.17, 15) is 0 Å². The summed E-state index contributed by atoms with van der Waals surface area (Å²) in [5.74, 6) is 0. The fourth-order valence-corrected chi connectivity index (χ4v) is 5.85. The number of hydrogen-bond acceptors (Lipinski definition) is 9. The van der Waals surface area contributed by atoms with Crippen LogP contribution >= 0.6 is 0 Å². The average Bonchev–Trinajstić information content (AvgIpc) is 3.49. The molecule has 0 aromatic heterocycles. The van der Waals surface area contributed by atoms with Crippen LogP contribution in [0.5, 0.6) is 0 Å². The highest BCUT2D eigenvalue weighted by Crippen LogP contribution is 2.18. The minimum Gasteiger partial charge on any atom is -0.379 e. The SMILES string of the molecule is CCO[Si](CCCOCC1CO1)(OCC)OCC.CO[Si](OC)(OC)OC. The third kappa shape index (κ3) is 11.6. The maximum absolute atomic E-state index is 5.76. The van der Waals surface area contributed by atoms with Gasteiger partial charge < -0.3 is 40.5 Å². The van der Waals surface area contributed by atoms with Gasteiger partial charge in [-0.1, -0.05) is 0 Å². The Kier molecular flexibility index (Phi) is 16.0. The lowest BCUT2D eigenvalue weighted by Gasteiger charge is -2.28. The second-order valence-corrected chi connectivity index (χ2v) is 10.8. The van der Waals surface area contributed by atoms with Crippen molar-refractivity contribution < 1.29 is 40.5 Å². The van der Waals surface area contributed by atoms with Crippen molar-refractivity contribution in [3.8, 4) is 0 Å². The summed E-state index contributed by atoms with van der Waals surface area (Å²) in [5.41, 5.74) is 0. The van der Waals surface area contributed by atoms with Gasteiger partial charge in [0.1, 0.15) is 6.10 Å². The molecule has 1 aliphatic heterocycles. The molecule has 1 rings (SSSR count). The molecule has 11 heteroatoms. The Morgan fingerprint density at radius 2 is 1.26 bits per heavy atom. The van der Waals surface area contributed by atoms with Crippen molar-refractivity contribution >= 4 is 17.9 Å². The van der Waals surface area contributed by atoms with Gasteiger partial charge in [-0.15, -0.1) is 0 Å². The van der Waals surface area contributed by atoms with Gasteiger partial charge in [-0.3, -0.25) is 0 Å². The third-order valence-corrected chi connectivity index (χ3v) is 8.72. The molecule has 0 bridgehead atoms. The normalized spacial score (nSPS) is 16.8. The predicted octanol–water partition coefficient (Wildman–Crippen LogP) is 1.85. The Morgan fingerprint density at radius 1 is 0.815 bits per heavy atom. The fraction of sp³-hybridized carbons (Fsp3) is 1.00. The number of ether oxygens (including phenoxy) is 2. The molecule has 27 heavy (non-hydrogen) atoms. The molecule has 1 aliphatic rings. The largest absolute Gasteiger partial charge is 0.678 e. The van der Waals surface area contributed by atoms with Gasteiger partial charge in [0.15, 0.2) is 0 Å². The van der Waals surface area contributed by atoms with Gasteiger partial charge >= 0.3 is 17.9 Å².